The lowest BCUT2D eigenvalue weighted by molar-refractivity contribution is -0.883. The largest absolute Gasteiger partial charge is 0.496 e. The van der Waals surface area contributed by atoms with Crippen molar-refractivity contribution in [3.63, 3.8) is 0 Å². The van der Waals surface area contributed by atoms with Crippen molar-refractivity contribution in [3.8, 4) is 5.75 Å². The van der Waals surface area contributed by atoms with Crippen LogP contribution in [0.1, 0.15) is 17.3 Å². The number of nitrogens with zero attached hydrogens (tertiary/aromatic N) is 1. The second-order valence-corrected chi connectivity index (χ2v) is 7.52. The molecule has 0 bridgehead atoms. The van der Waals surface area contributed by atoms with E-state index < -0.39 is 10.0 Å². The minimum absolute atomic E-state index is 0.124. The zero-order valence-electron chi connectivity index (χ0n) is 13.8. The summed E-state index contributed by atoms with van der Waals surface area (Å²) in [4.78, 5) is 13.6. The van der Waals surface area contributed by atoms with Crippen LogP contribution in [-0.4, -0.2) is 65.5 Å². The molecule has 1 aromatic rings. The SMILES string of the molecule is CCNC(=O)c1cc(S(=O)(=O)N2CC[NH+](C)CC2)ccc1OC. The fourth-order valence-corrected chi connectivity index (χ4v) is 4.01. The molecule has 7 nitrogen and oxygen atoms in total. The molecule has 1 fully saturated rings. The molecule has 0 aliphatic carbocycles. The van der Waals surface area contributed by atoms with Crippen molar-refractivity contribution in [1.82, 2.24) is 9.62 Å². The Morgan fingerprint density at radius 3 is 2.57 bits per heavy atom. The lowest BCUT2D eigenvalue weighted by atomic mass is 10.2. The van der Waals surface area contributed by atoms with Crippen LogP contribution in [0, 0.1) is 0 Å². The summed E-state index contributed by atoms with van der Waals surface area (Å²) in [6.45, 7) is 4.78. The molecule has 0 radical (unpaired) electrons. The molecule has 1 aliphatic rings. The first kappa shape index (κ1) is 17.7. The number of ether oxygens (including phenoxy) is 1. The van der Waals surface area contributed by atoms with E-state index in [1.165, 1.54) is 34.5 Å². The Hall–Kier alpha value is -1.64. The number of rotatable bonds is 5. The third-order valence-corrected chi connectivity index (χ3v) is 5.86. The molecule has 1 aliphatic heterocycles. The summed E-state index contributed by atoms with van der Waals surface area (Å²) in [5.74, 6) is 0.0157. The third kappa shape index (κ3) is 3.82. The summed E-state index contributed by atoms with van der Waals surface area (Å²) in [7, 11) is -0.0969. The summed E-state index contributed by atoms with van der Waals surface area (Å²) in [5.41, 5.74) is 0.232. The Kier molecular flexibility index (Phi) is 5.61. The summed E-state index contributed by atoms with van der Waals surface area (Å²) in [6.07, 6.45) is 0. The smallest absolute Gasteiger partial charge is 0.255 e. The molecule has 1 saturated heterocycles. The molecule has 2 N–H and O–H groups in total. The van der Waals surface area contributed by atoms with E-state index >= 15 is 0 Å². The molecule has 0 aromatic heterocycles. The van der Waals surface area contributed by atoms with Gasteiger partial charge in [0.05, 0.1) is 50.8 Å². The van der Waals surface area contributed by atoms with Crippen molar-refractivity contribution in [2.45, 2.75) is 11.8 Å². The minimum Gasteiger partial charge on any atom is -0.496 e. The number of nitrogens with one attached hydrogen (secondary N) is 2. The van der Waals surface area contributed by atoms with Gasteiger partial charge in [0.2, 0.25) is 10.0 Å². The average Bonchev–Trinajstić information content (AvgIpc) is 2.54. The van der Waals surface area contributed by atoms with E-state index in [4.69, 9.17) is 4.74 Å². The van der Waals surface area contributed by atoms with E-state index in [0.29, 0.717) is 25.4 Å². The number of quaternary nitrogens is 1. The van der Waals surface area contributed by atoms with Crippen molar-refractivity contribution >= 4 is 15.9 Å². The van der Waals surface area contributed by atoms with E-state index in [1.54, 1.807) is 6.92 Å². The van der Waals surface area contributed by atoms with Crippen molar-refractivity contribution < 1.29 is 22.8 Å². The highest BCUT2D eigenvalue weighted by Gasteiger charge is 2.30. The van der Waals surface area contributed by atoms with Gasteiger partial charge in [0, 0.05) is 6.54 Å². The molecular formula is C15H24N3O4S+. The number of likely N-dealkylation sites (N-methyl/N-ethyl adjacent to an activating group) is 1. The first-order chi connectivity index (χ1) is 10.9. The number of piperazine rings is 1. The van der Waals surface area contributed by atoms with Gasteiger partial charge in [-0.15, -0.1) is 0 Å². The lowest BCUT2D eigenvalue weighted by Crippen LogP contribution is -3.12. The molecule has 1 heterocycles. The first-order valence-corrected chi connectivity index (χ1v) is 9.11. The van der Waals surface area contributed by atoms with Crippen molar-refractivity contribution in [3.05, 3.63) is 23.8 Å². The van der Waals surface area contributed by atoms with Gasteiger partial charge in [-0.2, -0.15) is 4.31 Å². The topological polar surface area (TPSA) is 80.2 Å². The number of hydrogen-bond acceptors (Lipinski definition) is 4. The fraction of sp³-hybridized carbons (Fsp3) is 0.533. The van der Waals surface area contributed by atoms with Gasteiger partial charge < -0.3 is 15.0 Å². The Bertz CT molecular complexity index is 667. The van der Waals surface area contributed by atoms with Crippen molar-refractivity contribution in [2.75, 3.05) is 46.9 Å². The third-order valence-electron chi connectivity index (χ3n) is 3.97. The normalized spacial score (nSPS) is 17.0. The monoisotopic (exact) mass is 342 g/mol. The molecule has 128 valence electrons. The molecule has 8 heteroatoms. The number of carbonyl (C=O) groups excluding carboxylic acids is 1. The zero-order valence-corrected chi connectivity index (χ0v) is 14.6. The van der Waals surface area contributed by atoms with Gasteiger partial charge in [-0.05, 0) is 25.1 Å². The van der Waals surface area contributed by atoms with Gasteiger partial charge in [0.1, 0.15) is 5.75 Å². The molecular weight excluding hydrogens is 318 g/mol. The summed E-state index contributed by atoms with van der Waals surface area (Å²) >= 11 is 0. The predicted octanol–water partition coefficient (Wildman–Crippen LogP) is -1.04. The number of amides is 1. The van der Waals surface area contributed by atoms with Gasteiger partial charge >= 0.3 is 0 Å². The second-order valence-electron chi connectivity index (χ2n) is 5.58. The molecule has 0 atom stereocenters. The van der Waals surface area contributed by atoms with Crippen LogP contribution >= 0.6 is 0 Å². The number of methoxy groups -OCH3 is 1. The van der Waals surface area contributed by atoms with E-state index in [9.17, 15) is 13.2 Å². The van der Waals surface area contributed by atoms with E-state index in [1.807, 2.05) is 7.05 Å². The second kappa shape index (κ2) is 7.29. The maximum Gasteiger partial charge on any atom is 0.255 e. The van der Waals surface area contributed by atoms with Gasteiger partial charge in [0.15, 0.2) is 0 Å². The fourth-order valence-electron chi connectivity index (χ4n) is 2.54. The van der Waals surface area contributed by atoms with E-state index in [-0.39, 0.29) is 16.4 Å². The Labute approximate surface area is 137 Å². The minimum atomic E-state index is -3.60. The van der Waals surface area contributed by atoms with E-state index in [0.717, 1.165) is 13.1 Å². The van der Waals surface area contributed by atoms with Crippen LogP contribution in [0.4, 0.5) is 0 Å². The summed E-state index contributed by atoms with van der Waals surface area (Å²) in [5, 5.41) is 2.67. The Morgan fingerprint density at radius 1 is 1.35 bits per heavy atom. The van der Waals surface area contributed by atoms with Gasteiger partial charge in [-0.3, -0.25) is 4.79 Å². The van der Waals surface area contributed by atoms with Crippen LogP contribution < -0.4 is 15.0 Å². The summed E-state index contributed by atoms with van der Waals surface area (Å²) < 4.78 is 32.2. The molecule has 0 spiro atoms. The molecule has 0 unspecified atom stereocenters. The van der Waals surface area contributed by atoms with Gasteiger partial charge in [-0.1, -0.05) is 0 Å². The number of carbonyl (C=O) groups is 1. The van der Waals surface area contributed by atoms with Gasteiger partial charge in [0.25, 0.3) is 5.91 Å². The molecule has 2 rings (SSSR count). The number of benzene rings is 1. The maximum atomic E-state index is 12.8. The van der Waals surface area contributed by atoms with Gasteiger partial charge in [-0.25, -0.2) is 8.42 Å². The van der Waals surface area contributed by atoms with E-state index in [2.05, 4.69) is 5.32 Å². The average molecular weight is 342 g/mol. The van der Waals surface area contributed by atoms with Crippen LogP contribution in [0.25, 0.3) is 0 Å². The molecule has 1 aromatic carbocycles. The maximum absolute atomic E-state index is 12.8. The zero-order chi connectivity index (χ0) is 17.0. The van der Waals surface area contributed by atoms with Crippen LogP contribution in [-0.2, 0) is 10.0 Å². The predicted molar refractivity (Wildman–Crippen MR) is 86.4 cm³/mol. The number of sulfonamides is 1. The summed E-state index contributed by atoms with van der Waals surface area (Å²) in [6, 6.07) is 4.41. The highest BCUT2D eigenvalue weighted by molar-refractivity contribution is 7.89. The quantitative estimate of drug-likeness (QED) is 0.717. The van der Waals surface area contributed by atoms with Crippen molar-refractivity contribution in [2.24, 2.45) is 0 Å². The molecule has 23 heavy (non-hydrogen) atoms. The van der Waals surface area contributed by atoms with Crippen LogP contribution in [0.3, 0.4) is 0 Å². The Balaban J connectivity index is 2.35. The molecule has 1 amide bonds. The van der Waals surface area contributed by atoms with Crippen LogP contribution in [0.5, 0.6) is 5.75 Å². The standard InChI is InChI=1S/C15H23N3O4S/c1-4-16-15(19)13-11-12(5-6-14(13)22-3)23(20,21)18-9-7-17(2)8-10-18/h5-6,11H,4,7-10H2,1-3H3,(H,16,19)/p+1. The first-order valence-electron chi connectivity index (χ1n) is 7.67. The molecule has 0 saturated carbocycles. The Morgan fingerprint density at radius 2 is 2.00 bits per heavy atom. The highest BCUT2D eigenvalue weighted by Crippen LogP contribution is 2.24. The van der Waals surface area contributed by atoms with Crippen LogP contribution in [0.15, 0.2) is 23.1 Å². The van der Waals surface area contributed by atoms with Crippen LogP contribution in [0.2, 0.25) is 0 Å². The highest BCUT2D eigenvalue weighted by atomic mass is 32.2. The lowest BCUT2D eigenvalue weighted by Gasteiger charge is -2.29. The van der Waals surface area contributed by atoms with Crippen molar-refractivity contribution in [1.29, 1.82) is 0 Å². The number of hydrogen-bond donors (Lipinski definition) is 2.